The van der Waals surface area contributed by atoms with E-state index < -0.39 is 0 Å². The first-order chi connectivity index (χ1) is 3.80. The van der Waals surface area contributed by atoms with Crippen molar-refractivity contribution in [1.82, 2.24) is 0 Å². The summed E-state index contributed by atoms with van der Waals surface area (Å²) in [6, 6.07) is 8.36. The van der Waals surface area contributed by atoms with Gasteiger partial charge in [0, 0.05) is 0 Å². The number of hydrogen-bond donors (Lipinski definition) is 0. The van der Waals surface area contributed by atoms with Gasteiger partial charge in [-0.2, -0.15) is 0 Å². The van der Waals surface area contributed by atoms with Crippen molar-refractivity contribution in [2.45, 2.75) is 0 Å². The summed E-state index contributed by atoms with van der Waals surface area (Å²) in [4.78, 5) is 0. The molecule has 0 aliphatic carbocycles. The molecule has 0 heterocycles. The van der Waals surface area contributed by atoms with Crippen LogP contribution in [0.2, 0.25) is 0 Å². The first-order valence-electron chi connectivity index (χ1n) is 2.33. The molecule has 36 valence electrons. The fourth-order valence-corrected chi connectivity index (χ4v) is 1.24. The van der Waals surface area contributed by atoms with Gasteiger partial charge in [-0.15, -0.1) is 0 Å². The maximum atomic E-state index is 2.12. The molecule has 1 rings (SSSR count). The van der Waals surface area contributed by atoms with Crippen LogP contribution in [0.25, 0.3) is 0 Å². The predicted molar refractivity (Wildman–Crippen MR) is 37.2 cm³/mol. The van der Waals surface area contributed by atoms with Crippen LogP contribution in [0, 0.1) is 0 Å². The van der Waals surface area contributed by atoms with Gasteiger partial charge in [0.25, 0.3) is 0 Å². The summed E-state index contributed by atoms with van der Waals surface area (Å²) < 4.78 is 2.74. The third-order valence-corrected chi connectivity index (χ3v) is 3.86. The Bertz CT molecular complexity index is 163. The van der Waals surface area contributed by atoms with Crippen LogP contribution >= 0.6 is 0 Å². The van der Waals surface area contributed by atoms with Crippen molar-refractivity contribution < 1.29 is 0 Å². The van der Waals surface area contributed by atoms with Crippen molar-refractivity contribution >= 4 is 41.8 Å². The van der Waals surface area contributed by atoms with E-state index in [1.165, 1.54) is 8.79 Å². The minimum atomic E-state index is 1.37. The van der Waals surface area contributed by atoms with Gasteiger partial charge >= 0.3 is 66.1 Å². The summed E-state index contributed by atoms with van der Waals surface area (Å²) in [7, 11) is 0. The molecule has 0 nitrogen and oxygen atoms in total. The van der Waals surface area contributed by atoms with Gasteiger partial charge in [-0.25, -0.2) is 0 Å². The molecule has 0 atom stereocenters. The van der Waals surface area contributed by atoms with Crippen molar-refractivity contribution in [2.75, 3.05) is 0 Å². The SMILES string of the molecule is [Ge][c]1cccc[c]1[Ge]. The van der Waals surface area contributed by atoms with Gasteiger partial charge in [0.05, 0.1) is 0 Å². The molecule has 8 heavy (non-hydrogen) atoms. The van der Waals surface area contributed by atoms with Crippen LogP contribution in [0.4, 0.5) is 0 Å². The van der Waals surface area contributed by atoms with Crippen molar-refractivity contribution in [3.8, 4) is 0 Å². The second-order valence-corrected chi connectivity index (χ2v) is 3.81. The third-order valence-electron chi connectivity index (χ3n) is 0.927. The van der Waals surface area contributed by atoms with E-state index in [2.05, 4.69) is 57.3 Å². The fraction of sp³-hybridized carbons (Fsp3) is 0. The summed E-state index contributed by atoms with van der Waals surface area (Å²) in [5, 5.41) is 0. The molecule has 0 saturated carbocycles. The Morgan fingerprint density at radius 2 is 1.25 bits per heavy atom. The molecule has 0 aromatic heterocycles. The average molecular weight is 221 g/mol. The monoisotopic (exact) mass is 224 g/mol. The van der Waals surface area contributed by atoms with Gasteiger partial charge in [0.2, 0.25) is 0 Å². The molecule has 2 heteroatoms. The number of rotatable bonds is 0. The molecular formula is C6H4Ge2. The van der Waals surface area contributed by atoms with E-state index in [1.54, 1.807) is 0 Å². The molecule has 0 amide bonds. The Hall–Kier alpha value is 0.306. The first-order valence-corrected chi connectivity index (χ1v) is 4.43. The van der Waals surface area contributed by atoms with Crippen LogP contribution < -0.4 is 8.79 Å². The fourth-order valence-electron chi connectivity index (χ4n) is 0.483. The van der Waals surface area contributed by atoms with Gasteiger partial charge in [0.1, 0.15) is 0 Å². The normalized spacial score (nSPS) is 9.25. The summed E-state index contributed by atoms with van der Waals surface area (Å²) in [6.45, 7) is 0. The van der Waals surface area contributed by atoms with E-state index in [0.717, 1.165) is 0 Å². The molecule has 6 radical (unpaired) electrons. The Labute approximate surface area is 66.1 Å². The third kappa shape index (κ3) is 1.39. The molecule has 1 aromatic carbocycles. The standard InChI is InChI=1S/C6H4Ge2/c7-5-3-1-2-4-6(5)8/h1-4H. The summed E-state index contributed by atoms with van der Waals surface area (Å²) in [5.41, 5.74) is 0. The molecule has 0 saturated heterocycles. The van der Waals surface area contributed by atoms with E-state index in [-0.39, 0.29) is 0 Å². The molecule has 0 N–H and O–H groups in total. The van der Waals surface area contributed by atoms with Gasteiger partial charge in [-0.1, -0.05) is 0 Å². The molecule has 0 bridgehead atoms. The van der Waals surface area contributed by atoms with Gasteiger partial charge in [-0.05, 0) is 0 Å². The van der Waals surface area contributed by atoms with Gasteiger partial charge < -0.3 is 0 Å². The number of benzene rings is 1. The quantitative estimate of drug-likeness (QED) is 0.507. The molecule has 0 spiro atoms. The van der Waals surface area contributed by atoms with Crippen LogP contribution in [0.5, 0.6) is 0 Å². The zero-order chi connectivity index (χ0) is 5.98. The van der Waals surface area contributed by atoms with E-state index in [4.69, 9.17) is 0 Å². The van der Waals surface area contributed by atoms with Crippen LogP contribution in [0.15, 0.2) is 24.3 Å². The van der Waals surface area contributed by atoms with E-state index in [9.17, 15) is 0 Å². The molecule has 0 aliphatic heterocycles. The maximum absolute atomic E-state index is 2.12. The van der Waals surface area contributed by atoms with Gasteiger partial charge in [0.15, 0.2) is 0 Å². The zero-order valence-corrected chi connectivity index (χ0v) is 8.51. The Morgan fingerprint density at radius 3 is 1.50 bits per heavy atom. The van der Waals surface area contributed by atoms with E-state index in [0.29, 0.717) is 0 Å². The topological polar surface area (TPSA) is 0 Å². The Balaban J connectivity index is 3.13. The Morgan fingerprint density at radius 1 is 0.875 bits per heavy atom. The van der Waals surface area contributed by atoms with Crippen molar-refractivity contribution in [2.24, 2.45) is 0 Å². The first kappa shape index (κ1) is 6.43. The second-order valence-electron chi connectivity index (χ2n) is 1.55. The molecule has 0 aliphatic rings. The average Bonchev–Trinajstić information content (AvgIpc) is 1.77. The van der Waals surface area contributed by atoms with Crippen LogP contribution in [-0.2, 0) is 0 Å². The van der Waals surface area contributed by atoms with E-state index >= 15 is 0 Å². The Kier molecular flexibility index (Phi) is 2.20. The van der Waals surface area contributed by atoms with Gasteiger partial charge in [-0.3, -0.25) is 0 Å². The number of hydrogen-bond acceptors (Lipinski definition) is 0. The minimum absolute atomic E-state index is 1.37. The summed E-state index contributed by atoms with van der Waals surface area (Å²) >= 11 is 4.24. The van der Waals surface area contributed by atoms with Crippen LogP contribution in [0.3, 0.4) is 0 Å². The summed E-state index contributed by atoms with van der Waals surface area (Å²) in [6.07, 6.45) is 0. The molecule has 0 unspecified atom stereocenters. The molecule has 1 aromatic rings. The van der Waals surface area contributed by atoms with Crippen LogP contribution in [0.1, 0.15) is 0 Å². The molecule has 0 fully saturated rings. The van der Waals surface area contributed by atoms with Crippen molar-refractivity contribution in [3.63, 3.8) is 0 Å². The predicted octanol–water partition coefficient (Wildman–Crippen LogP) is -0.726. The zero-order valence-electron chi connectivity index (χ0n) is 4.31. The van der Waals surface area contributed by atoms with E-state index in [1.807, 2.05) is 0 Å². The van der Waals surface area contributed by atoms with Crippen molar-refractivity contribution in [3.05, 3.63) is 24.3 Å². The van der Waals surface area contributed by atoms with Crippen LogP contribution in [-0.4, -0.2) is 33.0 Å². The summed E-state index contributed by atoms with van der Waals surface area (Å²) in [5.74, 6) is 0. The molecular weight excluding hydrogens is 217 g/mol. The second kappa shape index (κ2) is 2.74. The van der Waals surface area contributed by atoms with Crippen molar-refractivity contribution in [1.29, 1.82) is 0 Å².